The third kappa shape index (κ3) is 3.88. The van der Waals surface area contributed by atoms with Crippen molar-refractivity contribution in [3.63, 3.8) is 0 Å². The molecule has 5 rings (SSSR count). The largest absolute Gasteiger partial charge is 0.465 e. The monoisotopic (exact) mass is 457 g/mol. The number of hydrogen-bond acceptors (Lipinski definition) is 5. The smallest absolute Gasteiger partial charge is 0.325 e. The summed E-state index contributed by atoms with van der Waals surface area (Å²) in [7, 11) is 0. The van der Waals surface area contributed by atoms with E-state index < -0.39 is 0 Å². The molecule has 0 spiro atoms. The number of aromatic nitrogens is 2. The summed E-state index contributed by atoms with van der Waals surface area (Å²) in [6.07, 6.45) is 2.42. The SMILES string of the molecule is CCOC(=O)Cn1c2c(c3cc(F)ccc31)C[C@@H](Nc1nc3ccc(Cl)cc3s1)CC2. The molecular formula is C23H21ClFN3O2S. The summed E-state index contributed by atoms with van der Waals surface area (Å²) >= 11 is 7.67. The van der Waals surface area contributed by atoms with E-state index in [1.165, 1.54) is 6.07 Å². The van der Waals surface area contributed by atoms with Crippen LogP contribution in [0.1, 0.15) is 24.6 Å². The molecule has 0 aliphatic heterocycles. The zero-order valence-corrected chi connectivity index (χ0v) is 18.5. The molecule has 1 atom stereocenters. The molecule has 2 aromatic carbocycles. The van der Waals surface area contributed by atoms with Crippen LogP contribution in [0.15, 0.2) is 36.4 Å². The van der Waals surface area contributed by atoms with Crippen molar-refractivity contribution in [1.82, 2.24) is 9.55 Å². The molecule has 2 aromatic heterocycles. The van der Waals surface area contributed by atoms with Gasteiger partial charge in [0.1, 0.15) is 12.4 Å². The number of esters is 1. The minimum Gasteiger partial charge on any atom is -0.465 e. The van der Waals surface area contributed by atoms with Crippen LogP contribution in [0.5, 0.6) is 0 Å². The van der Waals surface area contributed by atoms with Crippen molar-refractivity contribution in [2.24, 2.45) is 0 Å². The minimum absolute atomic E-state index is 0.141. The number of thiazole rings is 1. The second-order valence-corrected chi connectivity index (χ2v) is 9.16. The summed E-state index contributed by atoms with van der Waals surface area (Å²) in [6, 6.07) is 10.6. The number of benzene rings is 2. The van der Waals surface area contributed by atoms with Gasteiger partial charge in [-0.25, -0.2) is 9.37 Å². The van der Waals surface area contributed by atoms with Crippen LogP contribution in [0.4, 0.5) is 9.52 Å². The number of carbonyl (C=O) groups is 1. The molecule has 2 heterocycles. The van der Waals surface area contributed by atoms with Crippen molar-refractivity contribution in [2.45, 2.75) is 38.8 Å². The molecule has 0 bridgehead atoms. The Hall–Kier alpha value is -2.64. The number of anilines is 1. The van der Waals surface area contributed by atoms with Gasteiger partial charge in [0.15, 0.2) is 5.13 Å². The molecule has 0 unspecified atom stereocenters. The normalized spacial score (nSPS) is 15.9. The molecule has 31 heavy (non-hydrogen) atoms. The first-order chi connectivity index (χ1) is 15.0. The summed E-state index contributed by atoms with van der Waals surface area (Å²) < 4.78 is 22.2. The van der Waals surface area contributed by atoms with E-state index in [2.05, 4.69) is 10.3 Å². The van der Waals surface area contributed by atoms with E-state index in [4.69, 9.17) is 16.3 Å². The quantitative estimate of drug-likeness (QED) is 0.398. The summed E-state index contributed by atoms with van der Waals surface area (Å²) in [5.41, 5.74) is 3.96. The average Bonchev–Trinajstić information content (AvgIpc) is 3.26. The number of ether oxygens (including phenoxy) is 1. The standard InChI is InChI=1S/C23H21ClFN3O2S/c1-2-30-22(29)12-28-19-7-4-14(25)10-16(19)17-11-15(5-8-20(17)28)26-23-27-18-6-3-13(24)9-21(18)31-23/h3-4,6-7,9-10,15H,2,5,8,11-12H2,1H3,(H,26,27)/t15-/m0/s1. The van der Waals surface area contributed by atoms with Crippen molar-refractivity contribution in [3.8, 4) is 0 Å². The van der Waals surface area contributed by atoms with Crippen LogP contribution in [0.3, 0.4) is 0 Å². The van der Waals surface area contributed by atoms with Gasteiger partial charge in [0.25, 0.3) is 0 Å². The second-order valence-electron chi connectivity index (χ2n) is 7.69. The number of rotatable bonds is 5. The number of halogens is 2. The molecule has 1 aliphatic rings. The van der Waals surface area contributed by atoms with Crippen molar-refractivity contribution >= 4 is 55.2 Å². The van der Waals surface area contributed by atoms with Gasteiger partial charge in [0, 0.05) is 27.7 Å². The van der Waals surface area contributed by atoms with Gasteiger partial charge in [-0.15, -0.1) is 0 Å². The minimum atomic E-state index is -0.278. The van der Waals surface area contributed by atoms with E-state index in [1.807, 2.05) is 22.8 Å². The summed E-state index contributed by atoms with van der Waals surface area (Å²) in [6.45, 7) is 2.28. The first-order valence-electron chi connectivity index (χ1n) is 10.3. The average molecular weight is 458 g/mol. The van der Waals surface area contributed by atoms with E-state index in [0.717, 1.165) is 56.8 Å². The summed E-state index contributed by atoms with van der Waals surface area (Å²) in [5, 5.41) is 5.96. The van der Waals surface area contributed by atoms with Crippen molar-refractivity contribution in [3.05, 3.63) is 58.5 Å². The maximum absolute atomic E-state index is 14.1. The van der Waals surface area contributed by atoms with E-state index >= 15 is 0 Å². The Labute approximate surface area is 187 Å². The third-order valence-corrected chi connectivity index (χ3v) is 6.88. The summed E-state index contributed by atoms with van der Waals surface area (Å²) in [5.74, 6) is -0.554. The van der Waals surface area contributed by atoms with Gasteiger partial charge < -0.3 is 14.6 Å². The Bertz CT molecular complexity index is 1300. The topological polar surface area (TPSA) is 56.1 Å². The third-order valence-electron chi connectivity index (χ3n) is 5.70. The number of hydrogen-bond donors (Lipinski definition) is 1. The molecule has 0 saturated carbocycles. The first-order valence-corrected chi connectivity index (χ1v) is 11.5. The molecule has 0 fully saturated rings. The van der Waals surface area contributed by atoms with E-state index in [0.29, 0.717) is 11.6 Å². The van der Waals surface area contributed by atoms with Gasteiger partial charge in [-0.2, -0.15) is 0 Å². The predicted octanol–water partition coefficient (Wildman–Crippen LogP) is 5.58. The Kier molecular flexibility index (Phi) is 5.32. The number of nitrogens with zero attached hydrogens (tertiary/aromatic N) is 2. The molecule has 4 aromatic rings. The highest BCUT2D eigenvalue weighted by Crippen LogP contribution is 2.35. The zero-order valence-electron chi connectivity index (χ0n) is 17.0. The fourth-order valence-corrected chi connectivity index (χ4v) is 5.62. The lowest BCUT2D eigenvalue weighted by molar-refractivity contribution is -0.143. The molecular weight excluding hydrogens is 437 g/mol. The highest BCUT2D eigenvalue weighted by atomic mass is 35.5. The fourth-order valence-electron chi connectivity index (χ4n) is 4.40. The van der Waals surface area contributed by atoms with Crippen LogP contribution < -0.4 is 5.32 Å². The van der Waals surface area contributed by atoms with Crippen LogP contribution in [0.25, 0.3) is 21.1 Å². The maximum atomic E-state index is 14.1. The van der Waals surface area contributed by atoms with Gasteiger partial charge in [0.2, 0.25) is 0 Å². The van der Waals surface area contributed by atoms with Crippen LogP contribution in [0.2, 0.25) is 5.02 Å². The van der Waals surface area contributed by atoms with E-state index in [1.54, 1.807) is 30.4 Å². The van der Waals surface area contributed by atoms with Gasteiger partial charge in [-0.3, -0.25) is 4.79 Å². The molecule has 8 heteroatoms. The molecule has 160 valence electrons. The Morgan fingerprint density at radius 1 is 1.35 bits per heavy atom. The van der Waals surface area contributed by atoms with Crippen LogP contribution in [-0.4, -0.2) is 28.2 Å². The van der Waals surface area contributed by atoms with Crippen molar-refractivity contribution in [2.75, 3.05) is 11.9 Å². The first kappa shape index (κ1) is 20.3. The van der Waals surface area contributed by atoms with Gasteiger partial charge in [-0.05, 0) is 68.1 Å². The fraction of sp³-hybridized carbons (Fsp3) is 0.304. The summed E-state index contributed by atoms with van der Waals surface area (Å²) in [4.78, 5) is 16.8. The molecule has 0 saturated heterocycles. The van der Waals surface area contributed by atoms with Gasteiger partial charge in [0.05, 0.1) is 16.8 Å². The Morgan fingerprint density at radius 3 is 3.06 bits per heavy atom. The molecule has 1 N–H and O–H groups in total. The molecule has 0 radical (unpaired) electrons. The van der Waals surface area contributed by atoms with Gasteiger partial charge in [-0.1, -0.05) is 22.9 Å². The molecule has 1 aliphatic carbocycles. The number of fused-ring (bicyclic) bond motifs is 4. The predicted molar refractivity (Wildman–Crippen MR) is 123 cm³/mol. The second kappa shape index (κ2) is 8.13. The van der Waals surface area contributed by atoms with E-state index in [-0.39, 0.29) is 24.4 Å². The van der Waals surface area contributed by atoms with Crippen molar-refractivity contribution in [1.29, 1.82) is 0 Å². The molecule has 5 nitrogen and oxygen atoms in total. The lowest BCUT2D eigenvalue weighted by Crippen LogP contribution is -2.28. The number of nitrogens with one attached hydrogen (secondary N) is 1. The highest BCUT2D eigenvalue weighted by Gasteiger charge is 2.27. The van der Waals surface area contributed by atoms with Crippen LogP contribution in [0, 0.1) is 5.82 Å². The zero-order chi connectivity index (χ0) is 21.5. The number of carbonyl (C=O) groups excluding carboxylic acids is 1. The van der Waals surface area contributed by atoms with Crippen LogP contribution in [-0.2, 0) is 28.9 Å². The Morgan fingerprint density at radius 2 is 2.23 bits per heavy atom. The molecule has 0 amide bonds. The lowest BCUT2D eigenvalue weighted by atomic mass is 9.91. The van der Waals surface area contributed by atoms with Crippen LogP contribution >= 0.6 is 22.9 Å². The maximum Gasteiger partial charge on any atom is 0.325 e. The van der Waals surface area contributed by atoms with E-state index in [9.17, 15) is 9.18 Å². The van der Waals surface area contributed by atoms with Crippen molar-refractivity contribution < 1.29 is 13.9 Å². The Balaban J connectivity index is 1.46. The van der Waals surface area contributed by atoms with Gasteiger partial charge >= 0.3 is 5.97 Å². The highest BCUT2D eigenvalue weighted by molar-refractivity contribution is 7.22. The lowest BCUT2D eigenvalue weighted by Gasteiger charge is -2.24.